The van der Waals surface area contributed by atoms with E-state index in [1.54, 1.807) is 12.4 Å². The minimum atomic E-state index is -0.347. The van der Waals surface area contributed by atoms with Gasteiger partial charge in [0.25, 0.3) is 5.91 Å². The second kappa shape index (κ2) is 5.18. The van der Waals surface area contributed by atoms with E-state index in [-0.39, 0.29) is 11.5 Å². The van der Waals surface area contributed by atoms with Crippen molar-refractivity contribution in [3.63, 3.8) is 0 Å². The van der Waals surface area contributed by atoms with Crippen molar-refractivity contribution in [2.45, 2.75) is 25.0 Å². The Kier molecular flexibility index (Phi) is 3.15. The molecule has 1 amide bonds. The minimum Gasteiger partial charge on any atom is -0.364 e. The van der Waals surface area contributed by atoms with E-state index in [1.807, 2.05) is 17.0 Å². The number of nitrogens with zero attached hydrogens (tertiary/aromatic N) is 3. The molecule has 0 aliphatic carbocycles. The van der Waals surface area contributed by atoms with Gasteiger partial charge in [0.1, 0.15) is 11.9 Å². The first-order chi connectivity index (χ1) is 10.8. The molecule has 0 radical (unpaired) electrons. The molecular formula is C17H17N3O2. The van der Waals surface area contributed by atoms with Crippen LogP contribution in [0.4, 0.5) is 0 Å². The fraction of sp³-hybridized carbons (Fsp3) is 0.353. The van der Waals surface area contributed by atoms with Crippen LogP contribution in [-0.2, 0) is 16.9 Å². The Bertz CT molecular complexity index is 700. The van der Waals surface area contributed by atoms with Crippen molar-refractivity contribution in [1.82, 2.24) is 14.9 Å². The normalized spacial score (nSPS) is 23.5. The fourth-order valence-corrected chi connectivity index (χ4v) is 3.51. The number of ether oxygens (including phenoxy) is 1. The number of piperidine rings is 1. The van der Waals surface area contributed by atoms with Crippen molar-refractivity contribution in [1.29, 1.82) is 0 Å². The molecule has 1 aromatic carbocycles. The van der Waals surface area contributed by atoms with E-state index in [0.29, 0.717) is 18.7 Å². The summed E-state index contributed by atoms with van der Waals surface area (Å²) in [6.45, 7) is 1.98. The predicted molar refractivity (Wildman–Crippen MR) is 80.1 cm³/mol. The molecule has 5 nitrogen and oxygen atoms in total. The van der Waals surface area contributed by atoms with Gasteiger partial charge in [0.2, 0.25) is 0 Å². The van der Waals surface area contributed by atoms with Crippen LogP contribution in [0.5, 0.6) is 0 Å². The maximum atomic E-state index is 12.6. The highest BCUT2D eigenvalue weighted by Gasteiger charge is 2.44. The van der Waals surface area contributed by atoms with Gasteiger partial charge in [-0.05, 0) is 24.0 Å². The van der Waals surface area contributed by atoms with Crippen LogP contribution in [0, 0.1) is 0 Å². The number of carbonyl (C=O) groups is 1. The highest BCUT2D eigenvalue weighted by Crippen LogP contribution is 2.42. The average Bonchev–Trinajstić information content (AvgIpc) is 2.94. The number of aromatic nitrogens is 2. The summed E-state index contributed by atoms with van der Waals surface area (Å²) in [6.07, 6.45) is 6.47. The molecule has 112 valence electrons. The van der Waals surface area contributed by atoms with Gasteiger partial charge in [-0.3, -0.25) is 4.79 Å². The van der Waals surface area contributed by atoms with Crippen LogP contribution in [0.1, 0.15) is 34.3 Å². The Balaban J connectivity index is 1.62. The molecule has 2 aromatic rings. The third-order valence-corrected chi connectivity index (χ3v) is 4.56. The van der Waals surface area contributed by atoms with E-state index in [0.717, 1.165) is 19.4 Å². The van der Waals surface area contributed by atoms with E-state index >= 15 is 0 Å². The van der Waals surface area contributed by atoms with Crippen LogP contribution in [-0.4, -0.2) is 33.9 Å². The van der Waals surface area contributed by atoms with Crippen molar-refractivity contribution in [3.05, 3.63) is 59.7 Å². The Morgan fingerprint density at radius 1 is 1.23 bits per heavy atom. The lowest BCUT2D eigenvalue weighted by Gasteiger charge is -2.40. The molecule has 3 heterocycles. The van der Waals surface area contributed by atoms with Crippen LogP contribution in [0.15, 0.2) is 43.0 Å². The molecule has 2 aliphatic rings. The number of hydrogen-bond donors (Lipinski definition) is 0. The SMILES string of the molecule is O=C(c1cncnc1)N1CCCC2(C1)OCc1ccccc12. The average molecular weight is 295 g/mol. The molecule has 4 rings (SSSR count). The maximum Gasteiger partial charge on any atom is 0.257 e. The Hall–Kier alpha value is -2.27. The summed E-state index contributed by atoms with van der Waals surface area (Å²) in [5, 5.41) is 0. The topological polar surface area (TPSA) is 55.3 Å². The van der Waals surface area contributed by atoms with Gasteiger partial charge in [0.05, 0.1) is 18.7 Å². The smallest absolute Gasteiger partial charge is 0.257 e. The van der Waals surface area contributed by atoms with Crippen molar-refractivity contribution < 1.29 is 9.53 Å². The number of rotatable bonds is 1. The van der Waals surface area contributed by atoms with E-state index in [9.17, 15) is 4.79 Å². The summed E-state index contributed by atoms with van der Waals surface area (Å²) < 4.78 is 6.14. The van der Waals surface area contributed by atoms with Crippen LogP contribution in [0.2, 0.25) is 0 Å². The fourth-order valence-electron chi connectivity index (χ4n) is 3.51. The summed E-state index contributed by atoms with van der Waals surface area (Å²) >= 11 is 0. The van der Waals surface area contributed by atoms with Gasteiger partial charge in [0, 0.05) is 18.9 Å². The molecule has 1 aromatic heterocycles. The largest absolute Gasteiger partial charge is 0.364 e. The summed E-state index contributed by atoms with van der Waals surface area (Å²) in [6, 6.07) is 8.31. The summed E-state index contributed by atoms with van der Waals surface area (Å²) in [5.41, 5.74) is 2.66. The number of amides is 1. The van der Waals surface area contributed by atoms with Crippen LogP contribution in [0.3, 0.4) is 0 Å². The lowest BCUT2D eigenvalue weighted by atomic mass is 9.85. The molecule has 1 atom stereocenters. The summed E-state index contributed by atoms with van der Waals surface area (Å²) in [7, 11) is 0. The number of fused-ring (bicyclic) bond motifs is 2. The van der Waals surface area contributed by atoms with E-state index in [2.05, 4.69) is 22.1 Å². The lowest BCUT2D eigenvalue weighted by molar-refractivity contribution is -0.0785. The molecule has 0 N–H and O–H groups in total. The quantitative estimate of drug-likeness (QED) is 0.809. The zero-order valence-electron chi connectivity index (χ0n) is 12.2. The number of benzene rings is 1. The zero-order chi connectivity index (χ0) is 15.0. The molecule has 22 heavy (non-hydrogen) atoms. The van der Waals surface area contributed by atoms with Crippen molar-refractivity contribution >= 4 is 5.91 Å². The first kappa shape index (κ1) is 13.4. The van der Waals surface area contributed by atoms with Crippen molar-refractivity contribution in [2.24, 2.45) is 0 Å². The predicted octanol–water partition coefficient (Wildman–Crippen LogP) is 2.14. The van der Waals surface area contributed by atoms with Gasteiger partial charge >= 0.3 is 0 Å². The second-order valence-corrected chi connectivity index (χ2v) is 5.90. The summed E-state index contributed by atoms with van der Waals surface area (Å²) in [4.78, 5) is 22.4. The molecule has 0 saturated carbocycles. The van der Waals surface area contributed by atoms with Crippen molar-refractivity contribution in [2.75, 3.05) is 13.1 Å². The Morgan fingerprint density at radius 3 is 2.91 bits per heavy atom. The third-order valence-electron chi connectivity index (χ3n) is 4.56. The Morgan fingerprint density at radius 2 is 2.05 bits per heavy atom. The van der Waals surface area contributed by atoms with Gasteiger partial charge in [-0.25, -0.2) is 9.97 Å². The monoisotopic (exact) mass is 295 g/mol. The first-order valence-electron chi connectivity index (χ1n) is 7.55. The van der Waals surface area contributed by atoms with Gasteiger partial charge in [0.15, 0.2) is 0 Å². The van der Waals surface area contributed by atoms with Gasteiger partial charge in [-0.15, -0.1) is 0 Å². The molecule has 1 saturated heterocycles. The minimum absolute atomic E-state index is 0.0207. The van der Waals surface area contributed by atoms with E-state index in [4.69, 9.17) is 4.74 Å². The molecule has 1 unspecified atom stereocenters. The molecule has 1 spiro atoms. The number of hydrogen-bond acceptors (Lipinski definition) is 4. The van der Waals surface area contributed by atoms with E-state index < -0.39 is 0 Å². The van der Waals surface area contributed by atoms with Gasteiger partial charge in [-0.2, -0.15) is 0 Å². The highest BCUT2D eigenvalue weighted by molar-refractivity contribution is 5.93. The first-order valence-corrected chi connectivity index (χ1v) is 7.55. The van der Waals surface area contributed by atoms with Gasteiger partial charge < -0.3 is 9.64 Å². The van der Waals surface area contributed by atoms with Crippen LogP contribution in [0.25, 0.3) is 0 Å². The van der Waals surface area contributed by atoms with Crippen LogP contribution < -0.4 is 0 Å². The van der Waals surface area contributed by atoms with E-state index in [1.165, 1.54) is 17.5 Å². The summed E-state index contributed by atoms with van der Waals surface area (Å²) in [5.74, 6) is -0.0207. The number of likely N-dealkylation sites (tertiary alicyclic amines) is 1. The maximum absolute atomic E-state index is 12.6. The molecule has 2 aliphatic heterocycles. The molecule has 0 bridgehead atoms. The van der Waals surface area contributed by atoms with Crippen molar-refractivity contribution in [3.8, 4) is 0 Å². The zero-order valence-corrected chi connectivity index (χ0v) is 12.2. The molecule has 1 fully saturated rings. The lowest BCUT2D eigenvalue weighted by Crippen LogP contribution is -2.48. The van der Waals surface area contributed by atoms with Crippen LogP contribution >= 0.6 is 0 Å². The van der Waals surface area contributed by atoms with Gasteiger partial charge in [-0.1, -0.05) is 24.3 Å². The molecular weight excluding hydrogens is 278 g/mol. The standard InChI is InChI=1S/C17H17N3O2/c21-16(14-8-18-12-19-9-14)20-7-3-6-17(11-20)15-5-2-1-4-13(15)10-22-17/h1-2,4-5,8-9,12H,3,6-7,10-11H2. The second-order valence-electron chi connectivity index (χ2n) is 5.90. The molecule has 5 heteroatoms. The third kappa shape index (κ3) is 2.09. The Labute approximate surface area is 129 Å². The highest BCUT2D eigenvalue weighted by atomic mass is 16.5. The number of carbonyl (C=O) groups excluding carboxylic acids is 1.